The molecule has 4 aliphatic rings. The Hall–Kier alpha value is -7.49. The number of ketones is 1. The monoisotopic (exact) mass is 1880 g/mol. The predicted octanol–water partition coefficient (Wildman–Crippen LogP) is 4.09. The van der Waals surface area contributed by atoms with Gasteiger partial charge >= 0.3 is 19.5 Å². The Kier molecular flexibility index (Phi) is 34.8. The van der Waals surface area contributed by atoms with Crippen molar-refractivity contribution in [1.82, 2.24) is 34.7 Å². The maximum absolute atomic E-state index is 14.0. The van der Waals surface area contributed by atoms with E-state index < -0.39 is 142 Å². The maximum Gasteiger partial charge on any atom is 0.469 e. The molecule has 5 aromatic rings. The number of nitrogens with two attached hydrogens (primary N) is 2. The summed E-state index contributed by atoms with van der Waals surface area (Å²) in [6, 6.07) is 10.1. The number of likely N-dealkylation sites (N-methyl/N-ethyl adjacent to an activating group) is 1. The molecule has 0 aliphatic carbocycles. The van der Waals surface area contributed by atoms with E-state index in [0.29, 0.717) is 69.2 Å². The van der Waals surface area contributed by atoms with E-state index in [1.54, 1.807) is 6.07 Å². The number of nitrogens with one attached hydrogen (secondary N) is 2. The molecule has 0 radical (unpaired) electrons. The van der Waals surface area contributed by atoms with Crippen molar-refractivity contribution in [1.29, 1.82) is 0 Å². The number of aliphatic hydroxyl groups excluding tert-OH is 2. The first kappa shape index (κ1) is 100. The highest BCUT2D eigenvalue weighted by atomic mass is 33.1. The van der Waals surface area contributed by atoms with Crippen LogP contribution < -0.4 is 52.3 Å². The molecule has 7 heterocycles. The number of hydrogen-bond donors (Lipinski definition) is 11. The van der Waals surface area contributed by atoms with Crippen LogP contribution in [0, 0.1) is 30.6 Å². The number of nitrogens with zero attached hydrogens (tertiary/aromatic N) is 7. The highest BCUT2D eigenvalue weighted by molar-refractivity contribution is 8.76. The van der Waals surface area contributed by atoms with Gasteiger partial charge in [0.1, 0.15) is 60.8 Å². The molecule has 678 valence electrons. The number of allylic oxidation sites excluding steroid dienone is 6. The first-order chi connectivity index (χ1) is 58.1. The fourth-order valence-corrected chi connectivity index (χ4v) is 20.8. The van der Waals surface area contributed by atoms with E-state index in [1.165, 1.54) is 61.3 Å². The zero-order chi connectivity index (χ0) is 91.1. The molecule has 0 bridgehead atoms. The van der Waals surface area contributed by atoms with Crippen molar-refractivity contribution in [2.75, 3.05) is 67.3 Å². The lowest BCUT2D eigenvalue weighted by Crippen LogP contribution is -2.42. The minimum absolute atomic E-state index is 0.0107. The van der Waals surface area contributed by atoms with Crippen LogP contribution in [-0.2, 0) is 99.4 Å². The van der Waals surface area contributed by atoms with Crippen LogP contribution in [0.4, 0.5) is 23.0 Å². The number of nitrogen functional groups attached to an aromatic ring is 2. The second-order valence-electron chi connectivity index (χ2n) is 29.8. The molecule has 2 amide bonds. The summed E-state index contributed by atoms with van der Waals surface area (Å²) in [4.78, 5) is 163. The number of unbranched alkanes of at least 4 members (excludes halogenated alkanes) is 5. The van der Waals surface area contributed by atoms with Crippen molar-refractivity contribution in [3.8, 4) is 23.7 Å². The minimum Gasteiger partial charge on any atom is -0.756 e. The average molecular weight is 1890 g/mol. The third-order valence-corrected chi connectivity index (χ3v) is 28.2. The largest absolute Gasteiger partial charge is 0.756 e. The number of fused-ring (bicyclic) bond motifs is 3. The number of phosphoric ester groups is 3. The van der Waals surface area contributed by atoms with E-state index in [4.69, 9.17) is 40.4 Å². The van der Waals surface area contributed by atoms with Crippen molar-refractivity contribution in [3.63, 3.8) is 0 Å². The van der Waals surface area contributed by atoms with Crippen LogP contribution in [0.1, 0.15) is 158 Å². The molecule has 12 unspecified atom stereocenters. The van der Waals surface area contributed by atoms with Gasteiger partial charge in [-0.25, -0.2) is 27.9 Å². The number of rotatable bonds is 43. The molecule has 2 fully saturated rings. The summed E-state index contributed by atoms with van der Waals surface area (Å²) in [5.74, 6) is 9.36. The highest BCUT2D eigenvalue weighted by Gasteiger charge is 2.48. The van der Waals surface area contributed by atoms with Gasteiger partial charge in [-0.15, -0.1) is 0 Å². The van der Waals surface area contributed by atoms with Gasteiger partial charge in [0.2, 0.25) is 17.5 Å². The van der Waals surface area contributed by atoms with Gasteiger partial charge in [-0.1, -0.05) is 108 Å². The van der Waals surface area contributed by atoms with Crippen LogP contribution in [0.5, 0.6) is 0 Å². The molecule has 0 spiro atoms. The number of carbonyl (C=O) groups is 4. The van der Waals surface area contributed by atoms with Crippen LogP contribution in [0.15, 0.2) is 101 Å². The maximum atomic E-state index is 14.0. The molecule has 2 aromatic carbocycles. The first-order valence-corrected chi connectivity index (χ1v) is 49.9. The van der Waals surface area contributed by atoms with Gasteiger partial charge in [0.25, 0.3) is 41.4 Å². The lowest BCUT2D eigenvalue weighted by molar-refractivity contribution is -0.438. The van der Waals surface area contributed by atoms with Crippen LogP contribution >= 0.6 is 60.7 Å². The van der Waals surface area contributed by atoms with Gasteiger partial charge in [0.05, 0.1) is 58.7 Å². The third-order valence-electron chi connectivity index (χ3n) is 20.1. The molecule has 3 aromatic heterocycles. The molecular weight excluding hydrogens is 1790 g/mol. The Balaban J connectivity index is 0.778. The van der Waals surface area contributed by atoms with Gasteiger partial charge in [-0.3, -0.25) is 51.1 Å². The van der Waals surface area contributed by atoms with Gasteiger partial charge in [0, 0.05) is 103 Å². The number of aliphatic hydroxyl groups is 2. The summed E-state index contributed by atoms with van der Waals surface area (Å²) >= 11 is 0. The van der Waals surface area contributed by atoms with Crippen LogP contribution in [0.3, 0.4) is 0 Å². The summed E-state index contributed by atoms with van der Waals surface area (Å²) in [7, 11) is -30.7. The summed E-state index contributed by atoms with van der Waals surface area (Å²) in [6.07, 6.45) is 5.62. The van der Waals surface area contributed by atoms with E-state index in [-0.39, 0.29) is 99.7 Å². The number of aryl methyl sites for hydroxylation is 1. The fourth-order valence-electron chi connectivity index (χ4n) is 14.2. The number of hydrogen-bond acceptors (Lipinski definition) is 34. The standard InChI is InChI=1S/C74H98N11O31P5S3/c1-7-82-53-31-29-46(2)37-50(53)73(3,4)59(82)24-13-10-14-25-60-74(5,6)51-38-49(124(106,107)108)30-32-54(51)83(60)34-17-11-16-27-62(88)80-52(55(86)23-12-8-9-15-26-61(87)77-33-18-21-48-41-84(72(92)81-68(48)75)63-39-56(114-118(96,97)98)57(112-63)42-110-117(93,94)95)44-123-122-36-20-28-64(89)109-35-19-22-47-40-85(70-65(47)69(76)78-45-79-70)71-67(91)66(90)58(113-71)43-111-120(102,103)116-121(104,105)115-119(99,100)101/h10,13-14,24-25,29-32,37-38,40-41,45,52,56-58,63,66-67,71,90-91H,7-9,11-12,15-17,20,23,26-28,33-36,39,42-44H2,1-6H3,(H14-,75,76,77,78,79,80,81,87,88,92,93,94,95,96,97,98,99,100,101,102,103,104,105,106,107,108)/p-3. The molecule has 2 saturated heterocycles. The predicted molar refractivity (Wildman–Crippen MR) is 443 cm³/mol. The normalized spacial score (nSPS) is 21.7. The lowest BCUT2D eigenvalue weighted by atomic mass is 9.81. The Labute approximate surface area is 720 Å². The summed E-state index contributed by atoms with van der Waals surface area (Å²) in [5, 5.41) is 27.4. The van der Waals surface area contributed by atoms with E-state index in [9.17, 15) is 94.4 Å². The lowest BCUT2D eigenvalue weighted by Gasteiger charge is -2.33. The molecule has 9 rings (SSSR count). The van der Waals surface area contributed by atoms with E-state index in [2.05, 4.69) is 133 Å². The first-order valence-electron chi connectivity index (χ1n) is 38.6. The smallest absolute Gasteiger partial charge is 0.469 e. The third kappa shape index (κ3) is 28.0. The zero-order valence-electron chi connectivity index (χ0n) is 67.7. The van der Waals surface area contributed by atoms with E-state index in [0.717, 1.165) is 40.7 Å². The van der Waals surface area contributed by atoms with Gasteiger partial charge in [0.15, 0.2) is 24.3 Å². The summed E-state index contributed by atoms with van der Waals surface area (Å²) in [5.41, 5.74) is 17.4. The quantitative estimate of drug-likeness (QED) is 0.00383. The number of carbonyl (C=O) groups excluding carboxylic acids is 4. The fraction of sp³-hybridized carbons (Fsp3) is 0.500. The average Bonchev–Trinajstić information content (AvgIpc) is 1.61. The minimum atomic E-state index is -6.26. The zero-order valence-corrected chi connectivity index (χ0v) is 74.6. The van der Waals surface area contributed by atoms with Gasteiger partial charge in [-0.2, -0.15) is 18.0 Å². The molecule has 0 saturated carbocycles. The molecular formula is C74H95N11O31P5S3-3. The van der Waals surface area contributed by atoms with Gasteiger partial charge < -0.3 is 104 Å². The molecule has 4 aliphatic heterocycles. The second kappa shape index (κ2) is 43.1. The topological polar surface area (TPSA) is 643 Å². The number of Topliss-reactive ketones (excluding diaryl/α,β-unsaturated/α-hetero) is 1. The number of amides is 2. The SMILES string of the molecule is CCN1C(=CC=CC=CC2=[N+](CCCCCC(=O)NC(CSSCCCC(=O)OCC#Cc3cn(C4OC(COP(=O)([O-])OP(=O)([O-])OP(=O)([O-])O)C(O)C4O)c4ncnc(N)c34)C(=O)CCCCCCC(=O)NCC#Cc3cn(C4CC(OP(=O)([O-])O)C(COP(=O)(O)O)O4)c(=O)nc3N)c3ccc(S(=O)(=O)O)cc3C2(C)C)C(C)(C)c2cc(C)ccc21. The van der Waals surface area contributed by atoms with Crippen molar-refractivity contribution >= 4 is 134 Å². The van der Waals surface area contributed by atoms with Crippen molar-refractivity contribution in [2.24, 2.45) is 0 Å². The van der Waals surface area contributed by atoms with Crippen molar-refractivity contribution < 1.29 is 145 Å². The van der Waals surface area contributed by atoms with Gasteiger partial charge in [-0.05, 0) is 89.6 Å². The molecule has 124 heavy (non-hydrogen) atoms. The van der Waals surface area contributed by atoms with Crippen molar-refractivity contribution in [3.05, 3.63) is 129 Å². The molecule has 13 N–H and O–H groups in total. The number of ether oxygens (including phenoxy) is 3. The number of esters is 1. The number of aromatic nitrogens is 5. The Bertz CT molecular complexity index is 5500. The Morgan fingerprint density at radius 3 is 2.14 bits per heavy atom. The molecule has 12 atom stereocenters. The van der Waals surface area contributed by atoms with Crippen LogP contribution in [0.25, 0.3) is 11.0 Å². The van der Waals surface area contributed by atoms with Crippen LogP contribution in [0.2, 0.25) is 0 Å². The Morgan fingerprint density at radius 1 is 0.758 bits per heavy atom. The summed E-state index contributed by atoms with van der Waals surface area (Å²) < 4.78 is 134. The van der Waals surface area contributed by atoms with Crippen molar-refractivity contribution in [2.45, 2.75) is 190 Å². The Morgan fingerprint density at radius 2 is 1.44 bits per heavy atom. The molecule has 42 nitrogen and oxygen atoms in total. The van der Waals surface area contributed by atoms with E-state index >= 15 is 0 Å². The highest BCUT2D eigenvalue weighted by Crippen LogP contribution is 2.62. The number of anilines is 3. The number of benzene rings is 2. The second-order valence-corrected chi connectivity index (χ2v) is 40.6. The number of phosphoric acid groups is 5. The van der Waals surface area contributed by atoms with E-state index in [1.807, 2.05) is 38.2 Å². The van der Waals surface area contributed by atoms with Crippen LogP contribution in [-0.4, -0.2) is 188 Å². The summed E-state index contributed by atoms with van der Waals surface area (Å²) in [6.45, 7) is 11.1. The molecule has 50 heteroatoms.